The van der Waals surface area contributed by atoms with Gasteiger partial charge in [0.05, 0.1) is 5.75 Å². The molecule has 0 radical (unpaired) electrons. The minimum atomic E-state index is -0.0301. The van der Waals surface area contributed by atoms with E-state index in [0.717, 1.165) is 12.1 Å². The molecule has 0 fully saturated rings. The lowest BCUT2D eigenvalue weighted by atomic mass is 10.1. The summed E-state index contributed by atoms with van der Waals surface area (Å²) in [7, 11) is 3.75. The van der Waals surface area contributed by atoms with Crippen LogP contribution in [0.2, 0.25) is 0 Å². The zero-order valence-electron chi connectivity index (χ0n) is 10.9. The number of aryl methyl sites for hydroxylation is 1. The number of hydrogen-bond acceptors (Lipinski definition) is 3. The Morgan fingerprint density at radius 2 is 2.17 bits per heavy atom. The van der Waals surface area contributed by atoms with Gasteiger partial charge in [0.2, 0.25) is 5.91 Å². The van der Waals surface area contributed by atoms with Gasteiger partial charge in [-0.3, -0.25) is 4.79 Å². The van der Waals surface area contributed by atoms with Gasteiger partial charge in [0, 0.05) is 19.8 Å². The Morgan fingerprint density at radius 3 is 2.78 bits per heavy atom. The van der Waals surface area contributed by atoms with Crippen LogP contribution in [0.1, 0.15) is 12.5 Å². The fraction of sp³-hybridized carbons (Fsp3) is 0.385. The largest absolute Gasteiger partial charge is 0.364 e. The highest BCUT2D eigenvalue weighted by Crippen LogP contribution is 2.12. The lowest BCUT2D eigenvalue weighted by molar-refractivity contribution is -0.113. The fourth-order valence-corrected chi connectivity index (χ4v) is 2.08. The highest BCUT2D eigenvalue weighted by molar-refractivity contribution is 8.23. The van der Waals surface area contributed by atoms with Crippen molar-refractivity contribution in [1.82, 2.24) is 4.90 Å². The number of carbonyl (C=O) groups is 1. The fourth-order valence-electron chi connectivity index (χ4n) is 1.32. The van der Waals surface area contributed by atoms with Crippen LogP contribution >= 0.6 is 24.0 Å². The average molecular weight is 282 g/mol. The first-order valence-electron chi connectivity index (χ1n) is 5.75. The van der Waals surface area contributed by atoms with Crippen LogP contribution in [0.5, 0.6) is 0 Å². The molecule has 0 spiro atoms. The Labute approximate surface area is 118 Å². The quantitative estimate of drug-likeness (QED) is 0.861. The molecule has 0 atom stereocenters. The molecule has 0 saturated carbocycles. The number of amides is 1. The maximum Gasteiger partial charge on any atom is 0.234 e. The third kappa shape index (κ3) is 5.06. The predicted octanol–water partition coefficient (Wildman–Crippen LogP) is 2.77. The highest BCUT2D eigenvalue weighted by Gasteiger charge is 2.06. The van der Waals surface area contributed by atoms with Crippen LogP contribution in [0.4, 0.5) is 5.69 Å². The first-order valence-corrected chi connectivity index (χ1v) is 7.15. The van der Waals surface area contributed by atoms with Crippen LogP contribution in [-0.2, 0) is 11.2 Å². The number of nitrogens with one attached hydrogen (secondary N) is 1. The summed E-state index contributed by atoms with van der Waals surface area (Å²) in [6.45, 7) is 2.09. The van der Waals surface area contributed by atoms with Gasteiger partial charge in [-0.25, -0.2) is 0 Å². The number of thioether (sulfide) groups is 1. The van der Waals surface area contributed by atoms with Crippen molar-refractivity contribution in [3.05, 3.63) is 29.8 Å². The van der Waals surface area contributed by atoms with Crippen molar-refractivity contribution in [3.63, 3.8) is 0 Å². The van der Waals surface area contributed by atoms with Crippen molar-refractivity contribution in [3.8, 4) is 0 Å². The lowest BCUT2D eigenvalue weighted by Crippen LogP contribution is -2.20. The molecule has 1 aromatic carbocycles. The molecule has 0 aliphatic heterocycles. The summed E-state index contributed by atoms with van der Waals surface area (Å²) >= 11 is 6.48. The number of rotatable bonds is 4. The van der Waals surface area contributed by atoms with Gasteiger partial charge in [-0.2, -0.15) is 0 Å². The van der Waals surface area contributed by atoms with Gasteiger partial charge in [-0.05, 0) is 24.1 Å². The van der Waals surface area contributed by atoms with E-state index in [2.05, 4.69) is 12.2 Å². The van der Waals surface area contributed by atoms with Gasteiger partial charge in [-0.1, -0.05) is 43.0 Å². The minimum absolute atomic E-state index is 0.0301. The molecule has 0 heterocycles. The Hall–Kier alpha value is -1.07. The second-order valence-electron chi connectivity index (χ2n) is 4.05. The van der Waals surface area contributed by atoms with Gasteiger partial charge in [-0.15, -0.1) is 0 Å². The molecule has 3 nitrogen and oxygen atoms in total. The van der Waals surface area contributed by atoms with Crippen molar-refractivity contribution < 1.29 is 4.79 Å². The first kappa shape index (κ1) is 15.0. The topological polar surface area (TPSA) is 32.3 Å². The SMILES string of the molecule is CCc1cccc(NC(=O)CSC(=S)N(C)C)c1. The van der Waals surface area contributed by atoms with E-state index >= 15 is 0 Å². The van der Waals surface area contributed by atoms with Crippen molar-refractivity contribution in [2.75, 3.05) is 25.2 Å². The maximum absolute atomic E-state index is 11.7. The molecule has 1 rings (SSSR count). The predicted molar refractivity (Wildman–Crippen MR) is 83.2 cm³/mol. The second-order valence-corrected chi connectivity index (χ2v) is 5.66. The van der Waals surface area contributed by atoms with Crippen LogP contribution in [-0.4, -0.2) is 35.0 Å². The summed E-state index contributed by atoms with van der Waals surface area (Å²) in [6.07, 6.45) is 0.961. The molecule has 5 heteroatoms. The molecular formula is C13H18N2OS2. The highest BCUT2D eigenvalue weighted by atomic mass is 32.2. The molecule has 1 N–H and O–H groups in total. The van der Waals surface area contributed by atoms with E-state index in [-0.39, 0.29) is 5.91 Å². The molecule has 0 aliphatic rings. The van der Waals surface area contributed by atoms with Gasteiger partial charge >= 0.3 is 0 Å². The molecule has 18 heavy (non-hydrogen) atoms. The standard InChI is InChI=1S/C13H18N2OS2/c1-4-10-6-5-7-11(8-10)14-12(16)9-18-13(17)15(2)3/h5-8H,4,9H2,1-3H3,(H,14,16). The van der Waals surface area contributed by atoms with Crippen molar-refractivity contribution in [1.29, 1.82) is 0 Å². The maximum atomic E-state index is 11.7. The van der Waals surface area contributed by atoms with Gasteiger partial charge in [0.1, 0.15) is 4.32 Å². The summed E-state index contributed by atoms with van der Waals surface area (Å²) in [5.41, 5.74) is 2.06. The lowest BCUT2D eigenvalue weighted by Gasteiger charge is -2.12. The molecule has 0 aliphatic carbocycles. The summed E-state index contributed by atoms with van der Waals surface area (Å²) in [5, 5.41) is 2.87. The summed E-state index contributed by atoms with van der Waals surface area (Å²) in [5.74, 6) is 0.311. The summed E-state index contributed by atoms with van der Waals surface area (Å²) in [4.78, 5) is 13.6. The normalized spacial score (nSPS) is 9.94. The monoisotopic (exact) mass is 282 g/mol. The Morgan fingerprint density at radius 1 is 1.44 bits per heavy atom. The minimum Gasteiger partial charge on any atom is -0.364 e. The van der Waals surface area contributed by atoms with E-state index in [1.54, 1.807) is 0 Å². The van der Waals surface area contributed by atoms with E-state index in [0.29, 0.717) is 10.1 Å². The average Bonchev–Trinajstić information content (AvgIpc) is 2.36. The van der Waals surface area contributed by atoms with Crippen LogP contribution in [0.3, 0.4) is 0 Å². The summed E-state index contributed by atoms with van der Waals surface area (Å²) < 4.78 is 0.715. The van der Waals surface area contributed by atoms with E-state index in [1.807, 2.05) is 43.3 Å². The number of nitrogens with zero attached hydrogens (tertiary/aromatic N) is 1. The molecular weight excluding hydrogens is 264 g/mol. The second kappa shape index (κ2) is 7.38. The number of carbonyl (C=O) groups excluding carboxylic acids is 1. The van der Waals surface area contributed by atoms with Gasteiger partial charge in [0.15, 0.2) is 0 Å². The Balaban J connectivity index is 2.47. The van der Waals surface area contributed by atoms with Crippen LogP contribution < -0.4 is 5.32 Å². The van der Waals surface area contributed by atoms with E-state index in [1.165, 1.54) is 17.3 Å². The van der Waals surface area contributed by atoms with E-state index in [9.17, 15) is 4.79 Å². The molecule has 0 unspecified atom stereocenters. The third-order valence-electron chi connectivity index (χ3n) is 2.31. The molecule has 1 aromatic rings. The third-order valence-corrected chi connectivity index (χ3v) is 4.05. The number of anilines is 1. The van der Waals surface area contributed by atoms with Gasteiger partial charge in [0.25, 0.3) is 0 Å². The van der Waals surface area contributed by atoms with Crippen LogP contribution in [0.15, 0.2) is 24.3 Å². The van der Waals surface area contributed by atoms with Crippen molar-refractivity contribution in [2.45, 2.75) is 13.3 Å². The molecule has 98 valence electrons. The van der Waals surface area contributed by atoms with E-state index < -0.39 is 0 Å². The zero-order valence-corrected chi connectivity index (χ0v) is 12.5. The Bertz CT molecular complexity index is 433. The Kier molecular flexibility index (Phi) is 6.15. The number of thiocarbonyl (C=S) groups is 1. The zero-order chi connectivity index (χ0) is 13.5. The number of benzene rings is 1. The molecule has 0 bridgehead atoms. The first-order chi connectivity index (χ1) is 8.52. The van der Waals surface area contributed by atoms with Gasteiger partial charge < -0.3 is 10.2 Å². The van der Waals surface area contributed by atoms with Crippen molar-refractivity contribution in [2.24, 2.45) is 0 Å². The van der Waals surface area contributed by atoms with Crippen molar-refractivity contribution >= 4 is 39.9 Å². The molecule has 1 amide bonds. The van der Waals surface area contributed by atoms with Crippen LogP contribution in [0.25, 0.3) is 0 Å². The van der Waals surface area contributed by atoms with Crippen LogP contribution in [0, 0.1) is 0 Å². The number of hydrogen-bond donors (Lipinski definition) is 1. The molecule has 0 aromatic heterocycles. The summed E-state index contributed by atoms with van der Waals surface area (Å²) in [6, 6.07) is 7.89. The smallest absolute Gasteiger partial charge is 0.234 e. The van der Waals surface area contributed by atoms with E-state index in [4.69, 9.17) is 12.2 Å². The molecule has 0 saturated heterocycles.